The lowest BCUT2D eigenvalue weighted by atomic mass is 9.97. The molecule has 5 nitrogen and oxygen atoms in total. The van der Waals surface area contributed by atoms with Crippen LogP contribution in [0.25, 0.3) is 0 Å². The lowest BCUT2D eigenvalue weighted by molar-refractivity contribution is 0.0921. The summed E-state index contributed by atoms with van der Waals surface area (Å²) in [5.74, 6) is 0.571. The molecule has 1 aromatic rings. The number of aromatic nitrogens is 2. The molecular weight excluding hydrogens is 264 g/mol. The van der Waals surface area contributed by atoms with Gasteiger partial charge in [-0.15, -0.1) is 0 Å². The van der Waals surface area contributed by atoms with E-state index >= 15 is 0 Å². The van der Waals surface area contributed by atoms with Crippen molar-refractivity contribution < 1.29 is 4.79 Å². The predicted molar refractivity (Wildman–Crippen MR) is 84.4 cm³/mol. The van der Waals surface area contributed by atoms with Gasteiger partial charge in [-0.2, -0.15) is 5.10 Å². The van der Waals surface area contributed by atoms with Crippen LogP contribution < -0.4 is 5.32 Å². The highest BCUT2D eigenvalue weighted by atomic mass is 16.1. The minimum absolute atomic E-state index is 0.0137. The van der Waals surface area contributed by atoms with E-state index in [2.05, 4.69) is 29.2 Å². The van der Waals surface area contributed by atoms with Gasteiger partial charge in [-0.05, 0) is 53.0 Å². The summed E-state index contributed by atoms with van der Waals surface area (Å²) in [5, 5.41) is 7.41. The number of hydrogen-bond acceptors (Lipinski definition) is 3. The Morgan fingerprint density at radius 2 is 2.14 bits per heavy atom. The summed E-state index contributed by atoms with van der Waals surface area (Å²) in [6, 6.07) is 0.589. The average Bonchev–Trinajstić information content (AvgIpc) is 2.70. The quantitative estimate of drug-likeness (QED) is 0.922. The summed E-state index contributed by atoms with van der Waals surface area (Å²) >= 11 is 0. The van der Waals surface area contributed by atoms with Gasteiger partial charge in [-0.25, -0.2) is 0 Å². The Balaban J connectivity index is 1.92. The maximum Gasteiger partial charge on any atom is 0.255 e. The molecule has 5 heteroatoms. The monoisotopic (exact) mass is 292 g/mol. The number of nitrogens with zero attached hydrogens (tertiary/aromatic N) is 3. The van der Waals surface area contributed by atoms with Gasteiger partial charge in [0.1, 0.15) is 0 Å². The number of likely N-dealkylation sites (tertiary alicyclic amines) is 1. The molecule has 0 radical (unpaired) electrons. The van der Waals surface area contributed by atoms with Crippen LogP contribution in [0.1, 0.15) is 48.4 Å². The van der Waals surface area contributed by atoms with Crippen LogP contribution in [0.5, 0.6) is 0 Å². The van der Waals surface area contributed by atoms with Crippen molar-refractivity contribution in [3.63, 3.8) is 0 Å². The van der Waals surface area contributed by atoms with Gasteiger partial charge in [0.2, 0.25) is 0 Å². The number of carbonyl (C=O) groups is 1. The molecule has 1 unspecified atom stereocenters. The van der Waals surface area contributed by atoms with Gasteiger partial charge in [0.15, 0.2) is 0 Å². The second-order valence-electron chi connectivity index (χ2n) is 6.48. The molecule has 0 bridgehead atoms. The minimum atomic E-state index is 0.0137. The first kappa shape index (κ1) is 16.0. The molecule has 1 aromatic heterocycles. The van der Waals surface area contributed by atoms with Crippen LogP contribution in [-0.4, -0.2) is 46.3 Å². The molecule has 0 saturated carbocycles. The van der Waals surface area contributed by atoms with E-state index in [4.69, 9.17) is 0 Å². The van der Waals surface area contributed by atoms with E-state index in [0.29, 0.717) is 12.0 Å². The molecule has 2 heterocycles. The van der Waals surface area contributed by atoms with Crippen molar-refractivity contribution in [1.29, 1.82) is 0 Å². The summed E-state index contributed by atoms with van der Waals surface area (Å²) in [6.07, 6.45) is 2.43. The Bertz CT molecular complexity index is 507. The van der Waals surface area contributed by atoms with E-state index in [9.17, 15) is 4.79 Å². The van der Waals surface area contributed by atoms with Gasteiger partial charge in [0.05, 0.1) is 11.3 Å². The molecule has 2 rings (SSSR count). The van der Waals surface area contributed by atoms with Gasteiger partial charge in [0.25, 0.3) is 5.91 Å². The second-order valence-corrected chi connectivity index (χ2v) is 6.48. The van der Waals surface area contributed by atoms with E-state index in [1.54, 1.807) is 4.68 Å². The number of carbonyl (C=O) groups excluding carboxylic acids is 1. The maximum absolute atomic E-state index is 12.4. The van der Waals surface area contributed by atoms with Crippen LogP contribution in [0.2, 0.25) is 0 Å². The number of rotatable bonds is 4. The van der Waals surface area contributed by atoms with Gasteiger partial charge in [0, 0.05) is 31.9 Å². The lowest BCUT2D eigenvalue weighted by Gasteiger charge is -2.35. The van der Waals surface area contributed by atoms with Crippen LogP contribution in [0.15, 0.2) is 0 Å². The normalized spacial score (nSPS) is 20.0. The molecule has 21 heavy (non-hydrogen) atoms. The van der Waals surface area contributed by atoms with Crippen molar-refractivity contribution in [3.8, 4) is 0 Å². The van der Waals surface area contributed by atoms with E-state index in [1.165, 1.54) is 19.4 Å². The van der Waals surface area contributed by atoms with Crippen molar-refractivity contribution >= 4 is 5.91 Å². The fraction of sp³-hybridized carbons (Fsp3) is 0.750. The Labute approximate surface area is 127 Å². The van der Waals surface area contributed by atoms with Crippen molar-refractivity contribution in [2.24, 2.45) is 13.0 Å². The SMILES string of the molecule is Cc1nn(C)c(C)c1C(=O)NCC1CCCN(C(C)C)C1. The number of piperidine rings is 1. The zero-order valence-corrected chi connectivity index (χ0v) is 13.9. The van der Waals surface area contributed by atoms with Crippen molar-refractivity contribution in [2.45, 2.75) is 46.6 Å². The number of amides is 1. The minimum Gasteiger partial charge on any atom is -0.352 e. The largest absolute Gasteiger partial charge is 0.352 e. The summed E-state index contributed by atoms with van der Waals surface area (Å²) in [4.78, 5) is 14.9. The molecule has 1 aliphatic heterocycles. The molecule has 1 amide bonds. The van der Waals surface area contributed by atoms with Crippen LogP contribution in [0.3, 0.4) is 0 Å². The fourth-order valence-electron chi connectivity index (χ4n) is 3.16. The van der Waals surface area contributed by atoms with Gasteiger partial charge >= 0.3 is 0 Å². The van der Waals surface area contributed by atoms with Crippen LogP contribution in [0.4, 0.5) is 0 Å². The summed E-state index contributed by atoms with van der Waals surface area (Å²) < 4.78 is 1.77. The first-order valence-electron chi connectivity index (χ1n) is 7.92. The van der Waals surface area contributed by atoms with E-state index in [1.807, 2.05) is 20.9 Å². The van der Waals surface area contributed by atoms with Crippen LogP contribution >= 0.6 is 0 Å². The molecule has 118 valence electrons. The van der Waals surface area contributed by atoms with Gasteiger partial charge in [-0.3, -0.25) is 9.48 Å². The fourth-order valence-corrected chi connectivity index (χ4v) is 3.16. The molecule has 0 aliphatic carbocycles. The number of nitrogens with one attached hydrogen (secondary N) is 1. The molecule has 1 saturated heterocycles. The maximum atomic E-state index is 12.4. The molecule has 1 atom stereocenters. The molecule has 1 aliphatic rings. The highest BCUT2D eigenvalue weighted by Gasteiger charge is 2.23. The predicted octanol–water partition coefficient (Wildman–Crippen LogP) is 1.89. The molecular formula is C16H28N4O. The molecule has 1 fully saturated rings. The Kier molecular flexibility index (Phi) is 5.04. The first-order valence-corrected chi connectivity index (χ1v) is 7.92. The number of aryl methyl sites for hydroxylation is 2. The van der Waals surface area contributed by atoms with Crippen molar-refractivity contribution in [1.82, 2.24) is 20.0 Å². The zero-order chi connectivity index (χ0) is 15.6. The van der Waals surface area contributed by atoms with E-state index < -0.39 is 0 Å². The topological polar surface area (TPSA) is 50.2 Å². The molecule has 0 aromatic carbocycles. The summed E-state index contributed by atoms with van der Waals surface area (Å²) in [6.45, 7) is 11.3. The third-order valence-corrected chi connectivity index (χ3v) is 4.57. The highest BCUT2D eigenvalue weighted by Crippen LogP contribution is 2.18. The third-order valence-electron chi connectivity index (χ3n) is 4.57. The standard InChI is InChI=1S/C16H28N4O/c1-11(2)20-8-6-7-14(10-20)9-17-16(21)15-12(3)18-19(5)13(15)4/h11,14H,6-10H2,1-5H3,(H,17,21). The first-order chi connectivity index (χ1) is 9.90. The number of hydrogen-bond donors (Lipinski definition) is 1. The smallest absolute Gasteiger partial charge is 0.255 e. The van der Waals surface area contributed by atoms with E-state index in [-0.39, 0.29) is 5.91 Å². The van der Waals surface area contributed by atoms with Gasteiger partial charge in [-0.1, -0.05) is 0 Å². The average molecular weight is 292 g/mol. The van der Waals surface area contributed by atoms with Crippen LogP contribution in [-0.2, 0) is 7.05 Å². The highest BCUT2D eigenvalue weighted by molar-refractivity contribution is 5.96. The Hall–Kier alpha value is -1.36. The Morgan fingerprint density at radius 1 is 1.43 bits per heavy atom. The van der Waals surface area contributed by atoms with E-state index in [0.717, 1.165) is 30.0 Å². The van der Waals surface area contributed by atoms with Crippen molar-refractivity contribution in [3.05, 3.63) is 17.0 Å². The van der Waals surface area contributed by atoms with Gasteiger partial charge < -0.3 is 10.2 Å². The molecule has 0 spiro atoms. The lowest BCUT2D eigenvalue weighted by Crippen LogP contribution is -2.43. The van der Waals surface area contributed by atoms with Crippen molar-refractivity contribution in [2.75, 3.05) is 19.6 Å². The third kappa shape index (κ3) is 3.64. The zero-order valence-electron chi connectivity index (χ0n) is 13.9. The Morgan fingerprint density at radius 3 is 2.71 bits per heavy atom. The second kappa shape index (κ2) is 6.60. The summed E-state index contributed by atoms with van der Waals surface area (Å²) in [7, 11) is 1.88. The van der Waals surface area contributed by atoms with Crippen LogP contribution in [0, 0.1) is 19.8 Å². The summed E-state index contributed by atoms with van der Waals surface area (Å²) in [5.41, 5.74) is 2.46. The molecule has 1 N–H and O–H groups in total.